The zero-order valence-electron chi connectivity index (χ0n) is 13.5. The van der Waals surface area contributed by atoms with Gasteiger partial charge in [-0.2, -0.15) is 0 Å². The summed E-state index contributed by atoms with van der Waals surface area (Å²) >= 11 is 0. The summed E-state index contributed by atoms with van der Waals surface area (Å²) in [6.07, 6.45) is 2.50. The van der Waals surface area contributed by atoms with Crippen LogP contribution in [-0.2, 0) is 13.1 Å². The number of furan rings is 1. The minimum atomic E-state index is -0.00245. The van der Waals surface area contributed by atoms with Gasteiger partial charge in [0.25, 0.3) is 5.56 Å². The molecule has 0 fully saturated rings. The van der Waals surface area contributed by atoms with E-state index in [1.807, 2.05) is 43.3 Å². The number of nitrogens with one attached hydrogen (secondary N) is 1. The summed E-state index contributed by atoms with van der Waals surface area (Å²) in [6, 6.07) is 11.3. The SMILES string of the molecule is CC[C@@H](NCc1ccco1)c1nc2ccccc2c(=O)n1CC. The Labute approximate surface area is 135 Å². The smallest absolute Gasteiger partial charge is 0.261 e. The Morgan fingerprint density at radius 2 is 2.04 bits per heavy atom. The molecule has 0 saturated carbocycles. The molecule has 1 N–H and O–H groups in total. The van der Waals surface area contributed by atoms with E-state index in [0.717, 1.165) is 23.5 Å². The predicted octanol–water partition coefficient (Wildman–Crippen LogP) is 3.25. The molecule has 0 bridgehead atoms. The average Bonchev–Trinajstić information content (AvgIpc) is 3.09. The largest absolute Gasteiger partial charge is 0.468 e. The van der Waals surface area contributed by atoms with Crippen LogP contribution in [0.25, 0.3) is 10.9 Å². The van der Waals surface area contributed by atoms with E-state index in [1.54, 1.807) is 10.8 Å². The number of hydrogen-bond donors (Lipinski definition) is 1. The lowest BCUT2D eigenvalue weighted by Crippen LogP contribution is -2.31. The second-order valence-electron chi connectivity index (χ2n) is 5.46. The number of benzene rings is 1. The lowest BCUT2D eigenvalue weighted by atomic mass is 10.1. The summed E-state index contributed by atoms with van der Waals surface area (Å²) in [6.45, 7) is 5.27. The maximum Gasteiger partial charge on any atom is 0.261 e. The van der Waals surface area contributed by atoms with Crippen molar-refractivity contribution >= 4 is 10.9 Å². The molecule has 1 atom stereocenters. The van der Waals surface area contributed by atoms with E-state index in [2.05, 4.69) is 12.2 Å². The van der Waals surface area contributed by atoms with Crippen molar-refractivity contribution < 1.29 is 4.42 Å². The van der Waals surface area contributed by atoms with Crippen LogP contribution in [0.3, 0.4) is 0 Å². The Kier molecular flexibility index (Phi) is 4.57. The fourth-order valence-corrected chi connectivity index (χ4v) is 2.81. The molecule has 0 radical (unpaired) electrons. The summed E-state index contributed by atoms with van der Waals surface area (Å²) in [7, 11) is 0. The molecule has 0 aliphatic carbocycles. The normalized spacial score (nSPS) is 12.6. The summed E-state index contributed by atoms with van der Waals surface area (Å²) < 4.78 is 7.12. The van der Waals surface area contributed by atoms with Gasteiger partial charge in [0.2, 0.25) is 0 Å². The van der Waals surface area contributed by atoms with Crippen molar-refractivity contribution in [2.45, 2.75) is 39.4 Å². The van der Waals surface area contributed by atoms with Gasteiger partial charge < -0.3 is 9.73 Å². The van der Waals surface area contributed by atoms with Crippen molar-refractivity contribution in [2.24, 2.45) is 0 Å². The van der Waals surface area contributed by atoms with Crippen LogP contribution in [0, 0.1) is 0 Å². The quantitative estimate of drug-likeness (QED) is 0.759. The van der Waals surface area contributed by atoms with Crippen LogP contribution in [0.5, 0.6) is 0 Å². The number of aromatic nitrogens is 2. The standard InChI is InChI=1S/C18H21N3O2/c1-3-15(19-12-13-8-7-11-23-13)17-20-16-10-6-5-9-14(16)18(22)21(17)4-2/h5-11,15,19H,3-4,12H2,1-2H3/t15-/m1/s1. The van der Waals surface area contributed by atoms with Crippen LogP contribution in [0.2, 0.25) is 0 Å². The molecular weight excluding hydrogens is 290 g/mol. The highest BCUT2D eigenvalue weighted by Gasteiger charge is 2.18. The Morgan fingerprint density at radius 1 is 1.22 bits per heavy atom. The number of fused-ring (bicyclic) bond motifs is 1. The van der Waals surface area contributed by atoms with E-state index in [-0.39, 0.29) is 11.6 Å². The van der Waals surface area contributed by atoms with Gasteiger partial charge in [-0.05, 0) is 37.6 Å². The molecular formula is C18H21N3O2. The van der Waals surface area contributed by atoms with E-state index in [9.17, 15) is 4.79 Å². The highest BCUT2D eigenvalue weighted by atomic mass is 16.3. The minimum absolute atomic E-state index is 0.00245. The molecule has 0 unspecified atom stereocenters. The van der Waals surface area contributed by atoms with Gasteiger partial charge in [0.1, 0.15) is 11.6 Å². The van der Waals surface area contributed by atoms with Gasteiger partial charge in [0, 0.05) is 6.54 Å². The number of hydrogen-bond acceptors (Lipinski definition) is 4. The molecule has 23 heavy (non-hydrogen) atoms. The van der Waals surface area contributed by atoms with Gasteiger partial charge in [-0.1, -0.05) is 19.1 Å². The molecule has 3 rings (SSSR count). The fraction of sp³-hybridized carbons (Fsp3) is 0.333. The number of nitrogens with zero attached hydrogens (tertiary/aromatic N) is 2. The molecule has 0 aliphatic rings. The van der Waals surface area contributed by atoms with E-state index >= 15 is 0 Å². The first-order chi connectivity index (χ1) is 11.2. The van der Waals surface area contributed by atoms with Gasteiger partial charge in [-0.15, -0.1) is 0 Å². The molecule has 2 heterocycles. The zero-order chi connectivity index (χ0) is 16.2. The van der Waals surface area contributed by atoms with Crippen molar-refractivity contribution in [2.75, 3.05) is 0 Å². The fourth-order valence-electron chi connectivity index (χ4n) is 2.81. The van der Waals surface area contributed by atoms with Crippen LogP contribution in [-0.4, -0.2) is 9.55 Å². The van der Waals surface area contributed by atoms with Gasteiger partial charge in [-0.3, -0.25) is 9.36 Å². The lowest BCUT2D eigenvalue weighted by Gasteiger charge is -2.20. The minimum Gasteiger partial charge on any atom is -0.468 e. The first kappa shape index (κ1) is 15.5. The van der Waals surface area contributed by atoms with Crippen molar-refractivity contribution in [1.29, 1.82) is 0 Å². The van der Waals surface area contributed by atoms with Crippen molar-refractivity contribution in [1.82, 2.24) is 14.9 Å². The summed E-state index contributed by atoms with van der Waals surface area (Å²) in [5.74, 6) is 1.65. The van der Waals surface area contributed by atoms with Crippen molar-refractivity contribution in [3.05, 3.63) is 64.6 Å². The third kappa shape index (κ3) is 3.05. The molecule has 0 amide bonds. The molecule has 5 nitrogen and oxygen atoms in total. The Morgan fingerprint density at radius 3 is 2.74 bits per heavy atom. The Balaban J connectivity index is 2.00. The predicted molar refractivity (Wildman–Crippen MR) is 90.3 cm³/mol. The van der Waals surface area contributed by atoms with Crippen molar-refractivity contribution in [3.8, 4) is 0 Å². The monoisotopic (exact) mass is 311 g/mol. The van der Waals surface area contributed by atoms with Crippen LogP contribution >= 0.6 is 0 Å². The van der Waals surface area contributed by atoms with Gasteiger partial charge in [0.15, 0.2) is 0 Å². The molecule has 0 spiro atoms. The molecule has 5 heteroatoms. The molecule has 2 aromatic heterocycles. The van der Waals surface area contributed by atoms with E-state index in [1.165, 1.54) is 0 Å². The lowest BCUT2D eigenvalue weighted by molar-refractivity contribution is 0.420. The van der Waals surface area contributed by atoms with Crippen LogP contribution in [0.15, 0.2) is 51.9 Å². The Bertz CT molecular complexity index is 837. The topological polar surface area (TPSA) is 60.1 Å². The van der Waals surface area contributed by atoms with E-state index in [0.29, 0.717) is 18.5 Å². The highest BCUT2D eigenvalue weighted by molar-refractivity contribution is 5.77. The third-order valence-corrected chi connectivity index (χ3v) is 4.03. The number of rotatable bonds is 6. The van der Waals surface area contributed by atoms with Gasteiger partial charge in [-0.25, -0.2) is 4.98 Å². The molecule has 120 valence electrons. The Hall–Kier alpha value is -2.40. The molecule has 3 aromatic rings. The van der Waals surface area contributed by atoms with Crippen LogP contribution in [0.4, 0.5) is 0 Å². The van der Waals surface area contributed by atoms with Crippen LogP contribution in [0.1, 0.15) is 37.9 Å². The van der Waals surface area contributed by atoms with Crippen LogP contribution < -0.4 is 10.9 Å². The highest BCUT2D eigenvalue weighted by Crippen LogP contribution is 2.17. The summed E-state index contributed by atoms with van der Waals surface area (Å²) in [5, 5.41) is 4.10. The van der Waals surface area contributed by atoms with E-state index in [4.69, 9.17) is 9.40 Å². The van der Waals surface area contributed by atoms with Gasteiger partial charge in [0.05, 0.1) is 29.8 Å². The number of para-hydroxylation sites is 1. The second kappa shape index (κ2) is 6.79. The first-order valence-electron chi connectivity index (χ1n) is 7.99. The first-order valence-corrected chi connectivity index (χ1v) is 7.99. The summed E-state index contributed by atoms with van der Waals surface area (Å²) in [5.41, 5.74) is 0.766. The van der Waals surface area contributed by atoms with Crippen molar-refractivity contribution in [3.63, 3.8) is 0 Å². The maximum absolute atomic E-state index is 12.7. The second-order valence-corrected chi connectivity index (χ2v) is 5.46. The third-order valence-electron chi connectivity index (χ3n) is 4.03. The van der Waals surface area contributed by atoms with Gasteiger partial charge >= 0.3 is 0 Å². The molecule has 0 aliphatic heterocycles. The summed E-state index contributed by atoms with van der Waals surface area (Å²) in [4.78, 5) is 17.5. The maximum atomic E-state index is 12.7. The molecule has 0 saturated heterocycles. The zero-order valence-corrected chi connectivity index (χ0v) is 13.5. The average molecular weight is 311 g/mol. The van der Waals surface area contributed by atoms with E-state index < -0.39 is 0 Å². The molecule has 1 aromatic carbocycles.